The van der Waals surface area contributed by atoms with E-state index in [0.29, 0.717) is 0 Å². The molecule has 20 heavy (non-hydrogen) atoms. The molecule has 0 N–H and O–H groups in total. The number of fused-ring (bicyclic) bond motifs is 2. The Balaban J connectivity index is 2.01. The molecular weight excluding hydrogens is 244 g/mol. The molecule has 2 heteroatoms. The fourth-order valence-electron chi connectivity index (χ4n) is 2.62. The van der Waals surface area contributed by atoms with Crippen LogP contribution in [0.3, 0.4) is 0 Å². The number of hydrogen-bond acceptors (Lipinski definition) is 2. The molecule has 0 bridgehead atoms. The number of benzene rings is 3. The van der Waals surface area contributed by atoms with Gasteiger partial charge in [0.2, 0.25) is 0 Å². The first kappa shape index (κ1) is 11.1. The molecule has 2 nitrogen and oxygen atoms in total. The molecule has 0 fully saturated rings. The average Bonchev–Trinajstić information content (AvgIpc) is 2.54. The first-order valence-corrected chi connectivity index (χ1v) is 6.60. The summed E-state index contributed by atoms with van der Waals surface area (Å²) in [5, 5.41) is 3.59. The van der Waals surface area contributed by atoms with Crippen LogP contribution in [0.4, 0.5) is 0 Å². The van der Waals surface area contributed by atoms with Gasteiger partial charge >= 0.3 is 0 Å². The third-order valence-corrected chi connectivity index (χ3v) is 3.61. The fraction of sp³-hybridized carbons (Fsp3) is 0. The van der Waals surface area contributed by atoms with Gasteiger partial charge in [-0.3, -0.25) is 0 Å². The van der Waals surface area contributed by atoms with Crippen LogP contribution in [0.2, 0.25) is 0 Å². The average molecular weight is 256 g/mol. The van der Waals surface area contributed by atoms with Crippen molar-refractivity contribution in [3.8, 4) is 11.1 Å². The van der Waals surface area contributed by atoms with E-state index in [2.05, 4.69) is 70.6 Å². The molecule has 0 aliphatic carbocycles. The molecule has 0 saturated heterocycles. The summed E-state index contributed by atoms with van der Waals surface area (Å²) in [7, 11) is 0. The summed E-state index contributed by atoms with van der Waals surface area (Å²) >= 11 is 0. The minimum Gasteiger partial charge on any atom is -0.244 e. The second kappa shape index (κ2) is 4.42. The van der Waals surface area contributed by atoms with Gasteiger partial charge in [-0.1, -0.05) is 54.6 Å². The van der Waals surface area contributed by atoms with Crippen molar-refractivity contribution in [2.75, 3.05) is 0 Å². The first-order chi connectivity index (χ1) is 9.92. The Hall–Kier alpha value is -2.74. The molecule has 94 valence electrons. The lowest BCUT2D eigenvalue weighted by atomic mass is 9.98. The normalized spacial score (nSPS) is 11.0. The van der Waals surface area contributed by atoms with Crippen molar-refractivity contribution < 1.29 is 0 Å². The Kier molecular flexibility index (Phi) is 2.46. The molecule has 0 amide bonds. The number of nitrogens with zero attached hydrogens (tertiary/aromatic N) is 2. The Labute approximate surface area is 116 Å². The molecule has 0 unspecified atom stereocenters. The SMILES string of the molecule is c1ccc2c(-c3ccc4cncnc4c3)cccc2c1. The molecule has 4 rings (SSSR count). The van der Waals surface area contributed by atoms with Crippen LogP contribution in [0.1, 0.15) is 0 Å². The Morgan fingerprint density at radius 3 is 2.65 bits per heavy atom. The van der Waals surface area contributed by atoms with Crippen molar-refractivity contribution in [2.45, 2.75) is 0 Å². The van der Waals surface area contributed by atoms with Crippen LogP contribution in [0.25, 0.3) is 32.8 Å². The maximum absolute atomic E-state index is 4.34. The minimum atomic E-state index is 0.977. The predicted octanol–water partition coefficient (Wildman–Crippen LogP) is 4.45. The van der Waals surface area contributed by atoms with E-state index < -0.39 is 0 Å². The van der Waals surface area contributed by atoms with Crippen molar-refractivity contribution in [2.24, 2.45) is 0 Å². The van der Waals surface area contributed by atoms with Crippen LogP contribution >= 0.6 is 0 Å². The number of rotatable bonds is 1. The van der Waals surface area contributed by atoms with Gasteiger partial charge in [-0.15, -0.1) is 0 Å². The molecule has 0 saturated carbocycles. The summed E-state index contributed by atoms with van der Waals surface area (Å²) in [6, 6.07) is 21.2. The van der Waals surface area contributed by atoms with Gasteiger partial charge < -0.3 is 0 Å². The topological polar surface area (TPSA) is 25.8 Å². The van der Waals surface area contributed by atoms with E-state index in [1.807, 2.05) is 6.20 Å². The molecule has 1 heterocycles. The van der Waals surface area contributed by atoms with Gasteiger partial charge in [0.25, 0.3) is 0 Å². The third kappa shape index (κ3) is 1.74. The quantitative estimate of drug-likeness (QED) is 0.503. The maximum atomic E-state index is 4.34. The first-order valence-electron chi connectivity index (χ1n) is 6.60. The lowest BCUT2D eigenvalue weighted by Gasteiger charge is -2.07. The highest BCUT2D eigenvalue weighted by Crippen LogP contribution is 2.29. The zero-order valence-electron chi connectivity index (χ0n) is 10.8. The third-order valence-electron chi connectivity index (χ3n) is 3.61. The van der Waals surface area contributed by atoms with Gasteiger partial charge in [-0.2, -0.15) is 0 Å². The van der Waals surface area contributed by atoms with Crippen molar-refractivity contribution in [1.82, 2.24) is 9.97 Å². The van der Waals surface area contributed by atoms with Crippen LogP contribution in [0.15, 0.2) is 73.2 Å². The minimum absolute atomic E-state index is 0.977. The Morgan fingerprint density at radius 1 is 0.750 bits per heavy atom. The molecule has 0 atom stereocenters. The summed E-state index contributed by atoms with van der Waals surface area (Å²) < 4.78 is 0. The smallest absolute Gasteiger partial charge is 0.116 e. The van der Waals surface area contributed by atoms with E-state index in [-0.39, 0.29) is 0 Å². The van der Waals surface area contributed by atoms with Gasteiger partial charge in [-0.25, -0.2) is 9.97 Å². The molecule has 0 aliphatic heterocycles. The highest BCUT2D eigenvalue weighted by Gasteiger charge is 2.04. The second-order valence-electron chi connectivity index (χ2n) is 4.82. The monoisotopic (exact) mass is 256 g/mol. The van der Waals surface area contributed by atoms with Crippen LogP contribution in [0, 0.1) is 0 Å². The van der Waals surface area contributed by atoms with Crippen molar-refractivity contribution in [3.05, 3.63) is 73.2 Å². The van der Waals surface area contributed by atoms with Crippen molar-refractivity contribution in [1.29, 1.82) is 0 Å². The summed E-state index contributed by atoms with van der Waals surface area (Å²) in [5.74, 6) is 0. The highest BCUT2D eigenvalue weighted by molar-refractivity contribution is 5.98. The van der Waals surface area contributed by atoms with Gasteiger partial charge in [0.15, 0.2) is 0 Å². The van der Waals surface area contributed by atoms with Crippen molar-refractivity contribution >= 4 is 21.7 Å². The summed E-state index contributed by atoms with van der Waals surface area (Å²) in [4.78, 5) is 8.39. The van der Waals surface area contributed by atoms with Gasteiger partial charge in [0, 0.05) is 11.6 Å². The largest absolute Gasteiger partial charge is 0.244 e. The van der Waals surface area contributed by atoms with Crippen LogP contribution < -0.4 is 0 Å². The van der Waals surface area contributed by atoms with Gasteiger partial charge in [-0.05, 0) is 28.0 Å². The molecule has 0 spiro atoms. The van der Waals surface area contributed by atoms with E-state index >= 15 is 0 Å². The molecule has 3 aromatic carbocycles. The molecule has 0 aliphatic rings. The Bertz CT molecular complexity index is 908. The summed E-state index contributed by atoms with van der Waals surface area (Å²) in [6.45, 7) is 0. The molecule has 4 aromatic rings. The molecule has 0 radical (unpaired) electrons. The zero-order chi connectivity index (χ0) is 13.4. The zero-order valence-corrected chi connectivity index (χ0v) is 10.8. The second-order valence-corrected chi connectivity index (χ2v) is 4.82. The van der Waals surface area contributed by atoms with E-state index in [1.54, 1.807) is 6.33 Å². The summed E-state index contributed by atoms with van der Waals surface area (Å²) in [5.41, 5.74) is 3.40. The molecular formula is C18H12N2. The standard InChI is InChI=1S/C18H12N2/c1-2-6-16-13(4-1)5-3-7-17(16)14-8-9-15-11-19-12-20-18(15)10-14/h1-12H. The number of aromatic nitrogens is 2. The van der Waals surface area contributed by atoms with E-state index in [9.17, 15) is 0 Å². The van der Waals surface area contributed by atoms with E-state index in [4.69, 9.17) is 0 Å². The van der Waals surface area contributed by atoms with Gasteiger partial charge in [0.1, 0.15) is 6.33 Å². The lowest BCUT2D eigenvalue weighted by Crippen LogP contribution is -1.84. The lowest BCUT2D eigenvalue weighted by molar-refractivity contribution is 1.22. The fourth-order valence-corrected chi connectivity index (χ4v) is 2.62. The van der Waals surface area contributed by atoms with E-state index in [0.717, 1.165) is 10.9 Å². The highest BCUT2D eigenvalue weighted by atomic mass is 14.8. The summed E-state index contributed by atoms with van der Waals surface area (Å²) in [6.07, 6.45) is 3.43. The predicted molar refractivity (Wildman–Crippen MR) is 82.5 cm³/mol. The van der Waals surface area contributed by atoms with Crippen LogP contribution in [-0.4, -0.2) is 9.97 Å². The van der Waals surface area contributed by atoms with E-state index in [1.165, 1.54) is 21.9 Å². The number of hydrogen-bond donors (Lipinski definition) is 0. The van der Waals surface area contributed by atoms with Crippen LogP contribution in [0.5, 0.6) is 0 Å². The van der Waals surface area contributed by atoms with Crippen molar-refractivity contribution in [3.63, 3.8) is 0 Å². The Morgan fingerprint density at radius 2 is 1.65 bits per heavy atom. The molecule has 1 aromatic heterocycles. The van der Waals surface area contributed by atoms with Gasteiger partial charge in [0.05, 0.1) is 5.52 Å². The maximum Gasteiger partial charge on any atom is 0.116 e. The van der Waals surface area contributed by atoms with Crippen LogP contribution in [-0.2, 0) is 0 Å².